The first-order valence-electron chi connectivity index (χ1n) is 6.37. The fourth-order valence-electron chi connectivity index (χ4n) is 1.66. The van der Waals surface area contributed by atoms with Crippen molar-refractivity contribution in [2.24, 2.45) is 11.3 Å². The minimum Gasteiger partial charge on any atom is -0.385 e. The molecule has 0 heterocycles. The van der Waals surface area contributed by atoms with E-state index in [1.165, 1.54) is 6.07 Å². The molecular formula is C13H23N3O3S. The summed E-state index contributed by atoms with van der Waals surface area (Å²) >= 11 is 0. The van der Waals surface area contributed by atoms with Gasteiger partial charge in [-0.05, 0) is 24.0 Å². The Kier molecular flexibility index (Phi) is 5.94. The second-order valence-electron chi connectivity index (χ2n) is 5.37. The fraction of sp³-hybridized carbons (Fsp3) is 0.538. The van der Waals surface area contributed by atoms with E-state index in [0.717, 1.165) is 6.42 Å². The minimum absolute atomic E-state index is 0.144. The van der Waals surface area contributed by atoms with Crippen molar-refractivity contribution in [1.82, 2.24) is 4.72 Å². The first-order chi connectivity index (χ1) is 9.32. The Morgan fingerprint density at radius 2 is 1.95 bits per heavy atom. The van der Waals surface area contributed by atoms with Gasteiger partial charge in [-0.1, -0.05) is 26.0 Å². The van der Waals surface area contributed by atoms with Crippen molar-refractivity contribution in [3.63, 3.8) is 0 Å². The molecule has 0 amide bonds. The van der Waals surface area contributed by atoms with Crippen molar-refractivity contribution in [3.8, 4) is 0 Å². The molecule has 1 rings (SSSR count). The van der Waals surface area contributed by atoms with Crippen molar-refractivity contribution in [2.75, 3.05) is 25.7 Å². The first kappa shape index (κ1) is 16.9. The average Bonchev–Trinajstić information content (AvgIpc) is 2.43. The third-order valence-corrected chi connectivity index (χ3v) is 4.52. The molecule has 0 fully saturated rings. The number of methoxy groups -OCH3 is 1. The van der Waals surface area contributed by atoms with Gasteiger partial charge in [-0.15, -0.1) is 0 Å². The van der Waals surface area contributed by atoms with Crippen LogP contribution in [0, 0.1) is 5.41 Å². The standard InChI is InChI=1S/C13H23N3O3S/c1-13(2,8-9-19-3)10-15-20(17,18)12-7-5-4-6-11(12)16-14/h4-7,15-16H,8-10,14H2,1-3H3. The smallest absolute Gasteiger partial charge is 0.242 e. The van der Waals surface area contributed by atoms with Gasteiger partial charge in [-0.3, -0.25) is 5.84 Å². The van der Waals surface area contributed by atoms with Crippen LogP contribution in [0.1, 0.15) is 20.3 Å². The summed E-state index contributed by atoms with van der Waals surface area (Å²) in [4.78, 5) is 0.144. The number of benzene rings is 1. The van der Waals surface area contributed by atoms with Gasteiger partial charge >= 0.3 is 0 Å². The van der Waals surface area contributed by atoms with Gasteiger partial charge in [0.05, 0.1) is 5.69 Å². The van der Waals surface area contributed by atoms with Crippen LogP contribution in [0.5, 0.6) is 0 Å². The van der Waals surface area contributed by atoms with E-state index in [1.807, 2.05) is 13.8 Å². The van der Waals surface area contributed by atoms with E-state index in [1.54, 1.807) is 25.3 Å². The van der Waals surface area contributed by atoms with Crippen molar-refractivity contribution < 1.29 is 13.2 Å². The van der Waals surface area contributed by atoms with E-state index < -0.39 is 10.0 Å². The van der Waals surface area contributed by atoms with Gasteiger partial charge in [-0.2, -0.15) is 0 Å². The van der Waals surface area contributed by atoms with Gasteiger partial charge in [0.1, 0.15) is 4.90 Å². The molecule has 0 unspecified atom stereocenters. The summed E-state index contributed by atoms with van der Waals surface area (Å²) in [7, 11) is -1.97. The number of hydrazine groups is 1. The number of hydrogen-bond acceptors (Lipinski definition) is 5. The van der Waals surface area contributed by atoms with Crippen LogP contribution in [0.15, 0.2) is 29.2 Å². The van der Waals surface area contributed by atoms with Gasteiger partial charge in [0, 0.05) is 20.3 Å². The number of hydrogen-bond donors (Lipinski definition) is 3. The molecule has 20 heavy (non-hydrogen) atoms. The Hall–Kier alpha value is -1.15. The van der Waals surface area contributed by atoms with Crippen LogP contribution in [0.25, 0.3) is 0 Å². The van der Waals surface area contributed by atoms with E-state index in [-0.39, 0.29) is 10.3 Å². The summed E-state index contributed by atoms with van der Waals surface area (Å²) in [5.41, 5.74) is 2.58. The number of para-hydroxylation sites is 1. The molecule has 0 atom stereocenters. The molecule has 1 aromatic carbocycles. The van der Waals surface area contributed by atoms with Crippen LogP contribution in [0.3, 0.4) is 0 Å². The van der Waals surface area contributed by atoms with Gasteiger partial charge in [0.15, 0.2) is 0 Å². The topological polar surface area (TPSA) is 93.4 Å². The molecule has 1 aromatic rings. The van der Waals surface area contributed by atoms with Gasteiger partial charge < -0.3 is 10.2 Å². The molecule has 0 aliphatic rings. The van der Waals surface area contributed by atoms with E-state index in [4.69, 9.17) is 10.6 Å². The number of ether oxygens (including phenoxy) is 1. The summed E-state index contributed by atoms with van der Waals surface area (Å²) in [5, 5.41) is 0. The number of anilines is 1. The van der Waals surface area contributed by atoms with E-state index >= 15 is 0 Å². The Morgan fingerprint density at radius 3 is 2.55 bits per heavy atom. The first-order valence-corrected chi connectivity index (χ1v) is 7.85. The van der Waals surface area contributed by atoms with Crippen molar-refractivity contribution in [3.05, 3.63) is 24.3 Å². The van der Waals surface area contributed by atoms with Crippen LogP contribution in [0.4, 0.5) is 5.69 Å². The molecule has 7 heteroatoms. The molecule has 4 N–H and O–H groups in total. The maximum absolute atomic E-state index is 12.3. The van der Waals surface area contributed by atoms with Crippen LogP contribution < -0.4 is 16.0 Å². The molecule has 0 aromatic heterocycles. The highest BCUT2D eigenvalue weighted by Crippen LogP contribution is 2.23. The predicted octanol–water partition coefficient (Wildman–Crippen LogP) is 1.31. The number of nitrogens with one attached hydrogen (secondary N) is 2. The molecule has 0 aliphatic carbocycles. The number of nitrogen functional groups attached to an aromatic ring is 1. The molecule has 0 radical (unpaired) electrons. The molecule has 6 nitrogen and oxygen atoms in total. The second-order valence-corrected chi connectivity index (χ2v) is 7.11. The van der Waals surface area contributed by atoms with E-state index in [2.05, 4.69) is 10.1 Å². The molecule has 0 aliphatic heterocycles. The average molecular weight is 301 g/mol. The largest absolute Gasteiger partial charge is 0.385 e. The highest BCUT2D eigenvalue weighted by molar-refractivity contribution is 7.89. The third-order valence-electron chi connectivity index (χ3n) is 3.06. The van der Waals surface area contributed by atoms with Gasteiger partial charge in [0.2, 0.25) is 10.0 Å². The zero-order chi connectivity index (χ0) is 15.2. The second kappa shape index (κ2) is 7.03. The lowest BCUT2D eigenvalue weighted by molar-refractivity contribution is 0.153. The minimum atomic E-state index is -3.59. The Labute approximate surface area is 120 Å². The Bertz CT molecular complexity index is 529. The van der Waals surface area contributed by atoms with Gasteiger partial charge in [0.25, 0.3) is 0 Å². The number of sulfonamides is 1. The molecular weight excluding hydrogens is 278 g/mol. The monoisotopic (exact) mass is 301 g/mol. The zero-order valence-corrected chi connectivity index (χ0v) is 13.0. The summed E-state index contributed by atoms with van der Waals surface area (Å²) in [6.45, 7) is 4.90. The predicted molar refractivity (Wildman–Crippen MR) is 79.7 cm³/mol. The van der Waals surface area contributed by atoms with Gasteiger partial charge in [-0.25, -0.2) is 13.1 Å². The highest BCUT2D eigenvalue weighted by Gasteiger charge is 2.23. The normalized spacial score (nSPS) is 12.4. The summed E-state index contributed by atoms with van der Waals surface area (Å²) in [6, 6.07) is 6.51. The number of nitrogens with two attached hydrogens (primary N) is 1. The van der Waals surface area contributed by atoms with Crippen LogP contribution in [-0.4, -0.2) is 28.7 Å². The molecule has 0 spiro atoms. The lowest BCUT2D eigenvalue weighted by atomic mass is 9.90. The molecule has 114 valence electrons. The maximum Gasteiger partial charge on any atom is 0.242 e. The SMILES string of the molecule is COCCC(C)(C)CNS(=O)(=O)c1ccccc1NN. The Morgan fingerprint density at radius 1 is 1.30 bits per heavy atom. The molecule has 0 saturated carbocycles. The molecule has 0 bridgehead atoms. The number of rotatable bonds is 8. The fourth-order valence-corrected chi connectivity index (χ4v) is 3.07. The van der Waals surface area contributed by atoms with E-state index in [9.17, 15) is 8.42 Å². The quantitative estimate of drug-likeness (QED) is 0.497. The third kappa shape index (κ3) is 4.75. The lowest BCUT2D eigenvalue weighted by Gasteiger charge is -2.24. The summed E-state index contributed by atoms with van der Waals surface area (Å²) in [5.74, 6) is 5.34. The van der Waals surface area contributed by atoms with Crippen molar-refractivity contribution in [1.29, 1.82) is 0 Å². The highest BCUT2D eigenvalue weighted by atomic mass is 32.2. The summed E-state index contributed by atoms with van der Waals surface area (Å²) in [6.07, 6.45) is 0.767. The lowest BCUT2D eigenvalue weighted by Crippen LogP contribution is -2.35. The summed E-state index contributed by atoms with van der Waals surface area (Å²) < 4.78 is 32.2. The van der Waals surface area contributed by atoms with Crippen molar-refractivity contribution >= 4 is 15.7 Å². The van der Waals surface area contributed by atoms with Crippen LogP contribution in [-0.2, 0) is 14.8 Å². The van der Waals surface area contributed by atoms with Crippen molar-refractivity contribution in [2.45, 2.75) is 25.2 Å². The van der Waals surface area contributed by atoms with Crippen LogP contribution in [0.2, 0.25) is 0 Å². The van der Waals surface area contributed by atoms with Crippen LogP contribution >= 0.6 is 0 Å². The maximum atomic E-state index is 12.3. The Balaban J connectivity index is 2.80. The zero-order valence-electron chi connectivity index (χ0n) is 12.1. The molecule has 0 saturated heterocycles. The van der Waals surface area contributed by atoms with E-state index in [0.29, 0.717) is 18.8 Å².